The van der Waals surface area contributed by atoms with E-state index in [-0.39, 0.29) is 11.8 Å². The van der Waals surface area contributed by atoms with Gasteiger partial charge in [0.05, 0.1) is 5.92 Å². The molecule has 4 rings (SSSR count). The van der Waals surface area contributed by atoms with Crippen LogP contribution >= 0.6 is 0 Å². The highest BCUT2D eigenvalue weighted by molar-refractivity contribution is 5.79. The molecule has 0 N–H and O–H groups in total. The SMILES string of the molecule is Cc1cccc(CCN2CC(c3nc(-c4ccccc4)no3)CC2=O)c1. The number of hydrogen-bond donors (Lipinski definition) is 0. The van der Waals surface area contributed by atoms with E-state index in [1.54, 1.807) is 0 Å². The summed E-state index contributed by atoms with van der Waals surface area (Å²) in [6.07, 6.45) is 1.30. The van der Waals surface area contributed by atoms with Crippen molar-refractivity contribution >= 4 is 5.91 Å². The van der Waals surface area contributed by atoms with E-state index in [1.807, 2.05) is 35.2 Å². The highest BCUT2D eigenvalue weighted by atomic mass is 16.5. The summed E-state index contributed by atoms with van der Waals surface area (Å²) in [7, 11) is 0. The van der Waals surface area contributed by atoms with Crippen LogP contribution in [0.4, 0.5) is 0 Å². The normalized spacial score (nSPS) is 17.0. The highest BCUT2D eigenvalue weighted by Crippen LogP contribution is 2.28. The Balaban J connectivity index is 1.41. The lowest BCUT2D eigenvalue weighted by atomic mass is 10.1. The van der Waals surface area contributed by atoms with Gasteiger partial charge in [0.25, 0.3) is 0 Å². The number of carbonyl (C=O) groups is 1. The predicted octanol–water partition coefficient (Wildman–Crippen LogP) is 3.60. The van der Waals surface area contributed by atoms with Gasteiger partial charge in [-0.25, -0.2) is 0 Å². The number of aromatic nitrogens is 2. The Labute approximate surface area is 152 Å². The van der Waals surface area contributed by atoms with Crippen LogP contribution in [-0.2, 0) is 11.2 Å². The molecule has 0 radical (unpaired) electrons. The van der Waals surface area contributed by atoms with E-state index in [1.165, 1.54) is 11.1 Å². The van der Waals surface area contributed by atoms with Gasteiger partial charge in [-0.2, -0.15) is 4.98 Å². The zero-order valence-corrected chi connectivity index (χ0v) is 14.8. The molecule has 1 amide bonds. The molecule has 1 aromatic heterocycles. The third kappa shape index (κ3) is 3.52. The highest BCUT2D eigenvalue weighted by Gasteiger charge is 2.34. The molecule has 5 heteroatoms. The number of amides is 1. The number of likely N-dealkylation sites (tertiary alicyclic amines) is 1. The Morgan fingerprint density at radius 2 is 2.00 bits per heavy atom. The average Bonchev–Trinajstić information content (AvgIpc) is 3.28. The van der Waals surface area contributed by atoms with E-state index in [0.29, 0.717) is 24.7 Å². The zero-order valence-electron chi connectivity index (χ0n) is 14.8. The minimum Gasteiger partial charge on any atom is -0.342 e. The number of hydrogen-bond acceptors (Lipinski definition) is 4. The number of rotatable bonds is 5. The van der Waals surface area contributed by atoms with Crippen LogP contribution in [0.3, 0.4) is 0 Å². The van der Waals surface area contributed by atoms with Gasteiger partial charge in [-0.15, -0.1) is 0 Å². The van der Waals surface area contributed by atoms with Crippen LogP contribution in [0.25, 0.3) is 11.4 Å². The summed E-state index contributed by atoms with van der Waals surface area (Å²) in [5.74, 6) is 1.26. The maximum atomic E-state index is 12.4. The van der Waals surface area contributed by atoms with E-state index in [4.69, 9.17) is 4.52 Å². The first kappa shape index (κ1) is 16.5. The standard InChI is InChI=1S/C21H21N3O2/c1-15-6-5-7-16(12-15)10-11-24-14-18(13-19(24)25)21-22-20(23-26-21)17-8-3-2-4-9-17/h2-9,12,18H,10-11,13-14H2,1H3. The van der Waals surface area contributed by atoms with Gasteiger partial charge < -0.3 is 9.42 Å². The Bertz CT molecular complexity index is 904. The van der Waals surface area contributed by atoms with Gasteiger partial charge in [0.1, 0.15) is 0 Å². The fourth-order valence-electron chi connectivity index (χ4n) is 3.39. The van der Waals surface area contributed by atoms with Crippen molar-refractivity contribution in [2.45, 2.75) is 25.7 Å². The molecule has 5 nitrogen and oxygen atoms in total. The second kappa shape index (κ2) is 7.12. The number of benzene rings is 2. The molecule has 0 aliphatic carbocycles. The third-order valence-corrected chi connectivity index (χ3v) is 4.79. The Morgan fingerprint density at radius 3 is 2.81 bits per heavy atom. The topological polar surface area (TPSA) is 59.2 Å². The van der Waals surface area contributed by atoms with Gasteiger partial charge in [-0.05, 0) is 18.9 Å². The van der Waals surface area contributed by atoms with Crippen LogP contribution in [0.2, 0.25) is 0 Å². The van der Waals surface area contributed by atoms with Crippen molar-refractivity contribution < 1.29 is 9.32 Å². The maximum Gasteiger partial charge on any atom is 0.232 e. The van der Waals surface area contributed by atoms with Crippen molar-refractivity contribution in [3.63, 3.8) is 0 Å². The van der Waals surface area contributed by atoms with E-state index in [2.05, 4.69) is 41.3 Å². The predicted molar refractivity (Wildman–Crippen MR) is 98.6 cm³/mol. The number of carbonyl (C=O) groups excluding carboxylic acids is 1. The lowest BCUT2D eigenvalue weighted by Gasteiger charge is -2.16. The van der Waals surface area contributed by atoms with E-state index in [9.17, 15) is 4.79 Å². The lowest BCUT2D eigenvalue weighted by molar-refractivity contribution is -0.127. The summed E-state index contributed by atoms with van der Waals surface area (Å²) in [6, 6.07) is 18.1. The summed E-state index contributed by atoms with van der Waals surface area (Å²) in [5, 5.41) is 4.07. The molecule has 0 bridgehead atoms. The molecule has 3 aromatic rings. The Kier molecular flexibility index (Phi) is 4.52. The summed E-state index contributed by atoms with van der Waals surface area (Å²) in [5.41, 5.74) is 3.42. The average molecular weight is 347 g/mol. The number of aryl methyl sites for hydroxylation is 1. The summed E-state index contributed by atoms with van der Waals surface area (Å²) in [4.78, 5) is 18.8. The first-order valence-electron chi connectivity index (χ1n) is 8.91. The van der Waals surface area contributed by atoms with Crippen LogP contribution in [0.1, 0.15) is 29.4 Å². The van der Waals surface area contributed by atoms with Crippen molar-refractivity contribution in [1.82, 2.24) is 15.0 Å². The van der Waals surface area contributed by atoms with Gasteiger partial charge in [0.15, 0.2) is 0 Å². The maximum absolute atomic E-state index is 12.4. The molecule has 2 heterocycles. The monoisotopic (exact) mass is 347 g/mol. The molecular formula is C21H21N3O2. The quantitative estimate of drug-likeness (QED) is 0.707. The number of nitrogens with zero attached hydrogens (tertiary/aromatic N) is 3. The second-order valence-corrected chi connectivity index (χ2v) is 6.80. The van der Waals surface area contributed by atoms with Gasteiger partial charge in [0.2, 0.25) is 17.6 Å². The fourth-order valence-corrected chi connectivity index (χ4v) is 3.39. The van der Waals surface area contributed by atoms with Crippen molar-refractivity contribution in [1.29, 1.82) is 0 Å². The molecule has 1 aliphatic heterocycles. The Hall–Kier alpha value is -2.95. The van der Waals surface area contributed by atoms with Crippen molar-refractivity contribution in [3.8, 4) is 11.4 Å². The molecule has 26 heavy (non-hydrogen) atoms. The van der Waals surface area contributed by atoms with Crippen LogP contribution in [-0.4, -0.2) is 34.0 Å². The molecule has 1 unspecified atom stereocenters. The molecule has 1 atom stereocenters. The van der Waals surface area contributed by atoms with Crippen LogP contribution in [0, 0.1) is 6.92 Å². The molecule has 0 saturated carbocycles. The summed E-state index contributed by atoms with van der Waals surface area (Å²) < 4.78 is 5.44. The first-order valence-corrected chi connectivity index (χ1v) is 8.91. The van der Waals surface area contributed by atoms with Crippen molar-refractivity contribution in [2.24, 2.45) is 0 Å². The van der Waals surface area contributed by atoms with Gasteiger partial charge in [-0.1, -0.05) is 65.3 Å². The summed E-state index contributed by atoms with van der Waals surface area (Å²) >= 11 is 0. The van der Waals surface area contributed by atoms with Gasteiger partial charge >= 0.3 is 0 Å². The molecule has 2 aromatic carbocycles. The van der Waals surface area contributed by atoms with Crippen molar-refractivity contribution in [2.75, 3.05) is 13.1 Å². The largest absolute Gasteiger partial charge is 0.342 e. The van der Waals surface area contributed by atoms with E-state index >= 15 is 0 Å². The van der Waals surface area contributed by atoms with Crippen LogP contribution < -0.4 is 0 Å². The molecule has 1 aliphatic rings. The van der Waals surface area contributed by atoms with Crippen LogP contribution in [0.5, 0.6) is 0 Å². The molecule has 132 valence electrons. The minimum atomic E-state index is -0.0232. The molecular weight excluding hydrogens is 326 g/mol. The van der Waals surface area contributed by atoms with Gasteiger partial charge in [-0.3, -0.25) is 4.79 Å². The second-order valence-electron chi connectivity index (χ2n) is 6.80. The lowest BCUT2D eigenvalue weighted by Crippen LogP contribution is -2.27. The van der Waals surface area contributed by atoms with Gasteiger partial charge in [0, 0.05) is 25.1 Å². The molecule has 1 fully saturated rings. The van der Waals surface area contributed by atoms with Crippen LogP contribution in [0.15, 0.2) is 59.1 Å². The zero-order chi connectivity index (χ0) is 17.9. The minimum absolute atomic E-state index is 0.0232. The first-order chi connectivity index (χ1) is 12.7. The van der Waals surface area contributed by atoms with E-state index in [0.717, 1.165) is 18.5 Å². The van der Waals surface area contributed by atoms with Crippen molar-refractivity contribution in [3.05, 3.63) is 71.6 Å². The molecule has 0 spiro atoms. The third-order valence-electron chi connectivity index (χ3n) is 4.79. The summed E-state index contributed by atoms with van der Waals surface area (Å²) in [6.45, 7) is 3.44. The Morgan fingerprint density at radius 1 is 1.15 bits per heavy atom. The van der Waals surface area contributed by atoms with E-state index < -0.39 is 0 Å². The fraction of sp³-hybridized carbons (Fsp3) is 0.286. The molecule has 1 saturated heterocycles. The smallest absolute Gasteiger partial charge is 0.232 e.